The molecule has 1 fully saturated rings. The lowest BCUT2D eigenvalue weighted by Gasteiger charge is -2.20. The average molecular weight is 473 g/mol. The number of amides is 1. The van der Waals surface area contributed by atoms with E-state index in [0.717, 1.165) is 75.4 Å². The van der Waals surface area contributed by atoms with Crippen LogP contribution in [0.25, 0.3) is 0 Å². The minimum atomic E-state index is -1.28. The maximum atomic E-state index is 13.9. The van der Waals surface area contributed by atoms with Crippen molar-refractivity contribution in [3.63, 3.8) is 0 Å². The molecular formula is C25H30F2N4O3. The number of pyridine rings is 1. The first kappa shape index (κ1) is 24.1. The van der Waals surface area contributed by atoms with Crippen molar-refractivity contribution in [1.29, 1.82) is 0 Å². The molecule has 2 aliphatic heterocycles. The van der Waals surface area contributed by atoms with Crippen molar-refractivity contribution in [3.05, 3.63) is 58.8 Å². The fourth-order valence-corrected chi connectivity index (χ4v) is 4.70. The monoisotopic (exact) mass is 472 g/mol. The number of nitrogens with zero attached hydrogens (tertiary/aromatic N) is 2. The lowest BCUT2D eigenvalue weighted by atomic mass is 10.00. The summed E-state index contributed by atoms with van der Waals surface area (Å²) in [5.41, 5.74) is 1.87. The van der Waals surface area contributed by atoms with Gasteiger partial charge >= 0.3 is 5.97 Å². The molecule has 2 atom stereocenters. The molecule has 1 saturated heterocycles. The third kappa shape index (κ3) is 5.88. The molecule has 7 nitrogen and oxygen atoms in total. The molecule has 3 N–H and O–H groups in total. The van der Waals surface area contributed by atoms with Gasteiger partial charge in [0.1, 0.15) is 11.9 Å². The molecule has 0 bridgehead atoms. The molecule has 0 radical (unpaired) electrons. The van der Waals surface area contributed by atoms with Crippen molar-refractivity contribution in [1.82, 2.24) is 15.2 Å². The summed E-state index contributed by atoms with van der Waals surface area (Å²) in [5.74, 6) is -3.05. The van der Waals surface area contributed by atoms with Gasteiger partial charge in [0.2, 0.25) is 0 Å². The number of hydrogen-bond donors (Lipinski definition) is 3. The standard InChI is InChI=1S/C25H30F2N4O3/c26-20-5-1-4-19(22(20)27)24(32)30-21(25(33)34)11-14-31-13-10-16(15-31)6-8-18-9-7-17-3-2-12-28-23(17)29-18/h1,4-5,7,9,16,21H,2-3,6,8,10-15H2,(H,28,29)(H,30,32)(H,33,34). The molecule has 0 aliphatic carbocycles. The number of benzene rings is 1. The lowest BCUT2D eigenvalue weighted by Crippen LogP contribution is -2.43. The molecule has 2 unspecified atom stereocenters. The minimum Gasteiger partial charge on any atom is -0.480 e. The van der Waals surface area contributed by atoms with Crippen LogP contribution < -0.4 is 10.6 Å². The van der Waals surface area contributed by atoms with E-state index in [1.165, 1.54) is 11.6 Å². The second-order valence-electron chi connectivity index (χ2n) is 9.09. The van der Waals surface area contributed by atoms with Crippen molar-refractivity contribution in [3.8, 4) is 0 Å². The number of nitrogens with one attached hydrogen (secondary N) is 2. The number of carbonyl (C=O) groups is 2. The molecule has 2 aliphatic rings. The van der Waals surface area contributed by atoms with Gasteiger partial charge in [0, 0.05) is 25.3 Å². The van der Waals surface area contributed by atoms with Crippen LogP contribution in [0.2, 0.25) is 0 Å². The molecule has 182 valence electrons. The zero-order chi connectivity index (χ0) is 24.1. The predicted octanol–water partition coefficient (Wildman–Crippen LogP) is 3.25. The Bertz CT molecular complexity index is 1050. The second kappa shape index (κ2) is 10.9. The van der Waals surface area contributed by atoms with E-state index in [9.17, 15) is 23.5 Å². The fourth-order valence-electron chi connectivity index (χ4n) is 4.70. The first-order valence-corrected chi connectivity index (χ1v) is 11.8. The third-order valence-corrected chi connectivity index (χ3v) is 6.66. The highest BCUT2D eigenvalue weighted by molar-refractivity contribution is 5.96. The van der Waals surface area contributed by atoms with Gasteiger partial charge < -0.3 is 20.6 Å². The van der Waals surface area contributed by atoms with E-state index in [0.29, 0.717) is 12.5 Å². The summed E-state index contributed by atoms with van der Waals surface area (Å²) in [6.07, 6.45) is 5.34. The molecule has 34 heavy (non-hydrogen) atoms. The normalized spacial score (nSPS) is 18.7. The van der Waals surface area contributed by atoms with Crippen LogP contribution in [0.5, 0.6) is 0 Å². The van der Waals surface area contributed by atoms with Gasteiger partial charge in [0.05, 0.1) is 5.56 Å². The topological polar surface area (TPSA) is 94.6 Å². The van der Waals surface area contributed by atoms with Crippen LogP contribution in [0.4, 0.5) is 14.6 Å². The van der Waals surface area contributed by atoms with Gasteiger partial charge in [-0.3, -0.25) is 4.79 Å². The number of carboxylic acid groups (broad SMARTS) is 1. The Hall–Kier alpha value is -3.07. The van der Waals surface area contributed by atoms with Crippen molar-refractivity contribution in [2.75, 3.05) is 31.5 Å². The zero-order valence-corrected chi connectivity index (χ0v) is 19.0. The van der Waals surface area contributed by atoms with Gasteiger partial charge in [-0.1, -0.05) is 12.1 Å². The molecule has 0 spiro atoms. The maximum absolute atomic E-state index is 13.9. The van der Waals surface area contributed by atoms with Crippen LogP contribution in [-0.4, -0.2) is 59.1 Å². The Morgan fingerprint density at radius 1 is 1.26 bits per heavy atom. The molecule has 1 aromatic heterocycles. The average Bonchev–Trinajstić information content (AvgIpc) is 3.29. The van der Waals surface area contributed by atoms with E-state index in [-0.39, 0.29) is 6.42 Å². The van der Waals surface area contributed by atoms with Crippen LogP contribution in [0.3, 0.4) is 0 Å². The molecule has 1 aromatic carbocycles. The summed E-state index contributed by atoms with van der Waals surface area (Å²) in [6.45, 7) is 3.20. The summed E-state index contributed by atoms with van der Waals surface area (Å²) in [5, 5.41) is 15.2. The van der Waals surface area contributed by atoms with Gasteiger partial charge in [0.15, 0.2) is 11.6 Å². The number of aromatic nitrogens is 1. The summed E-state index contributed by atoms with van der Waals surface area (Å²) in [4.78, 5) is 30.9. The Morgan fingerprint density at radius 3 is 2.94 bits per heavy atom. The summed E-state index contributed by atoms with van der Waals surface area (Å²) in [7, 11) is 0. The number of fused-ring (bicyclic) bond motifs is 1. The Labute approximate surface area is 197 Å². The molecule has 3 heterocycles. The minimum absolute atomic E-state index is 0.183. The van der Waals surface area contributed by atoms with E-state index in [2.05, 4.69) is 27.7 Å². The van der Waals surface area contributed by atoms with Crippen molar-refractivity contribution >= 4 is 17.7 Å². The van der Waals surface area contributed by atoms with Crippen molar-refractivity contribution in [2.45, 2.75) is 44.6 Å². The van der Waals surface area contributed by atoms with E-state index >= 15 is 0 Å². The number of likely N-dealkylation sites (tertiary alicyclic amines) is 1. The van der Waals surface area contributed by atoms with Gasteiger partial charge in [-0.15, -0.1) is 0 Å². The summed E-state index contributed by atoms with van der Waals surface area (Å²) in [6, 6.07) is 6.35. The highest BCUT2D eigenvalue weighted by Crippen LogP contribution is 2.24. The van der Waals surface area contributed by atoms with Crippen LogP contribution in [0.1, 0.15) is 47.3 Å². The second-order valence-corrected chi connectivity index (χ2v) is 9.09. The molecule has 0 saturated carbocycles. The Balaban J connectivity index is 1.24. The molecule has 1 amide bonds. The van der Waals surface area contributed by atoms with E-state index in [4.69, 9.17) is 4.98 Å². The smallest absolute Gasteiger partial charge is 0.326 e. The quantitative estimate of drug-likeness (QED) is 0.519. The SMILES string of the molecule is O=C(NC(CCN1CCC(CCc2ccc3c(n2)NCCC3)C1)C(=O)O)c1cccc(F)c1F. The summed E-state index contributed by atoms with van der Waals surface area (Å²) >= 11 is 0. The number of hydrogen-bond acceptors (Lipinski definition) is 5. The number of anilines is 1. The van der Waals surface area contributed by atoms with Crippen LogP contribution in [0, 0.1) is 17.6 Å². The van der Waals surface area contributed by atoms with Crippen molar-refractivity contribution in [2.24, 2.45) is 5.92 Å². The van der Waals surface area contributed by atoms with Gasteiger partial charge in [0.25, 0.3) is 5.91 Å². The van der Waals surface area contributed by atoms with Crippen LogP contribution in [-0.2, 0) is 17.6 Å². The largest absolute Gasteiger partial charge is 0.480 e. The molecule has 9 heteroatoms. The molecule has 4 rings (SSSR count). The number of carboxylic acids is 1. The van der Waals surface area contributed by atoms with E-state index in [1.54, 1.807) is 0 Å². The first-order valence-electron chi connectivity index (χ1n) is 11.8. The Kier molecular flexibility index (Phi) is 7.72. The van der Waals surface area contributed by atoms with Crippen LogP contribution in [0.15, 0.2) is 30.3 Å². The van der Waals surface area contributed by atoms with E-state index < -0.39 is 35.1 Å². The number of carbonyl (C=O) groups excluding carboxylic acids is 1. The number of aliphatic carboxylic acids is 1. The first-order chi connectivity index (χ1) is 16.4. The van der Waals surface area contributed by atoms with Gasteiger partial charge in [-0.25, -0.2) is 18.6 Å². The maximum Gasteiger partial charge on any atom is 0.326 e. The van der Waals surface area contributed by atoms with Gasteiger partial charge in [-0.2, -0.15) is 0 Å². The van der Waals surface area contributed by atoms with Crippen LogP contribution >= 0.6 is 0 Å². The predicted molar refractivity (Wildman–Crippen MR) is 124 cm³/mol. The zero-order valence-electron chi connectivity index (χ0n) is 19.0. The highest BCUT2D eigenvalue weighted by atomic mass is 19.2. The molecular weight excluding hydrogens is 442 g/mol. The number of aryl methyl sites for hydroxylation is 2. The van der Waals surface area contributed by atoms with Crippen molar-refractivity contribution < 1.29 is 23.5 Å². The van der Waals surface area contributed by atoms with E-state index in [1.807, 2.05) is 0 Å². The molecule has 2 aromatic rings. The fraction of sp³-hybridized carbons (Fsp3) is 0.480. The Morgan fingerprint density at radius 2 is 2.12 bits per heavy atom. The summed E-state index contributed by atoms with van der Waals surface area (Å²) < 4.78 is 27.2. The lowest BCUT2D eigenvalue weighted by molar-refractivity contribution is -0.139. The number of halogens is 2. The number of rotatable bonds is 9. The third-order valence-electron chi connectivity index (χ3n) is 6.66. The highest BCUT2D eigenvalue weighted by Gasteiger charge is 2.27. The van der Waals surface area contributed by atoms with Gasteiger partial charge in [-0.05, 0) is 74.8 Å².